The number of nitrogens with zero attached hydrogens (tertiary/aromatic N) is 1. The predicted octanol–water partition coefficient (Wildman–Crippen LogP) is 2.30. The van der Waals surface area contributed by atoms with E-state index in [0.29, 0.717) is 32.0 Å². The molecular weight excluding hydrogens is 284 g/mol. The summed E-state index contributed by atoms with van der Waals surface area (Å²) in [6, 6.07) is -0.538. The molecule has 6 nitrogen and oxygen atoms in total. The highest BCUT2D eigenvalue weighted by Crippen LogP contribution is 2.23. The van der Waals surface area contributed by atoms with Crippen molar-refractivity contribution in [1.82, 2.24) is 4.90 Å². The van der Waals surface area contributed by atoms with E-state index in [4.69, 9.17) is 15.2 Å². The zero-order chi connectivity index (χ0) is 16.8. The molecule has 1 rings (SSSR count). The molecule has 1 aliphatic rings. The summed E-state index contributed by atoms with van der Waals surface area (Å²) in [6.07, 6.45) is 3.14. The highest BCUT2D eigenvalue weighted by Gasteiger charge is 2.27. The van der Waals surface area contributed by atoms with E-state index >= 15 is 0 Å². The van der Waals surface area contributed by atoms with Crippen LogP contribution in [0.1, 0.15) is 53.4 Å². The van der Waals surface area contributed by atoms with Crippen LogP contribution in [0.4, 0.5) is 4.79 Å². The van der Waals surface area contributed by atoms with Crippen molar-refractivity contribution in [3.05, 3.63) is 0 Å². The van der Waals surface area contributed by atoms with Crippen LogP contribution < -0.4 is 5.73 Å². The lowest BCUT2D eigenvalue weighted by Crippen LogP contribution is -2.42. The summed E-state index contributed by atoms with van der Waals surface area (Å²) in [5.41, 5.74) is 5.35. The molecule has 1 heterocycles. The maximum absolute atomic E-state index is 12.0. The van der Waals surface area contributed by atoms with Crippen molar-refractivity contribution in [1.29, 1.82) is 0 Å². The van der Waals surface area contributed by atoms with Crippen LogP contribution in [0, 0.1) is 5.92 Å². The fraction of sp³-hybridized carbons (Fsp3) is 0.875. The molecule has 0 radical (unpaired) electrons. The average molecular weight is 314 g/mol. The molecule has 1 atom stereocenters. The summed E-state index contributed by atoms with van der Waals surface area (Å²) in [5.74, 6) is 0.174. The summed E-state index contributed by atoms with van der Waals surface area (Å²) in [7, 11) is 0. The molecule has 6 heteroatoms. The van der Waals surface area contributed by atoms with Crippen molar-refractivity contribution in [3.8, 4) is 0 Å². The van der Waals surface area contributed by atoms with Gasteiger partial charge in [0.05, 0.1) is 6.61 Å². The first kappa shape index (κ1) is 18.7. The quantitative estimate of drug-likeness (QED) is 0.787. The van der Waals surface area contributed by atoms with Crippen molar-refractivity contribution in [2.45, 2.75) is 65.0 Å². The number of amides is 1. The van der Waals surface area contributed by atoms with E-state index in [9.17, 15) is 9.59 Å². The van der Waals surface area contributed by atoms with Gasteiger partial charge < -0.3 is 20.1 Å². The molecule has 0 aromatic carbocycles. The van der Waals surface area contributed by atoms with Gasteiger partial charge >= 0.3 is 12.1 Å². The highest BCUT2D eigenvalue weighted by atomic mass is 16.6. The molecule has 0 aliphatic carbocycles. The normalized spacial score (nSPS) is 18.0. The van der Waals surface area contributed by atoms with Crippen LogP contribution in [0.25, 0.3) is 0 Å². The van der Waals surface area contributed by atoms with E-state index in [2.05, 4.69) is 0 Å². The topological polar surface area (TPSA) is 81.9 Å². The largest absolute Gasteiger partial charge is 0.465 e. The van der Waals surface area contributed by atoms with Crippen LogP contribution >= 0.6 is 0 Å². The third kappa shape index (κ3) is 6.64. The number of hydrogen-bond acceptors (Lipinski definition) is 5. The second-order valence-corrected chi connectivity index (χ2v) is 6.85. The Bertz CT molecular complexity index is 371. The van der Waals surface area contributed by atoms with E-state index in [1.807, 2.05) is 20.8 Å². The Kier molecular flexibility index (Phi) is 7.13. The smallest absolute Gasteiger partial charge is 0.410 e. The molecule has 0 aromatic heterocycles. The number of carbonyl (C=O) groups excluding carboxylic acids is 2. The number of rotatable bonds is 5. The van der Waals surface area contributed by atoms with E-state index in [1.165, 1.54) is 0 Å². The van der Waals surface area contributed by atoms with Crippen molar-refractivity contribution in [2.24, 2.45) is 11.7 Å². The molecule has 0 bridgehead atoms. The number of hydrogen-bond donors (Lipinski definition) is 1. The van der Waals surface area contributed by atoms with Gasteiger partial charge in [0.15, 0.2) is 0 Å². The Balaban J connectivity index is 2.28. The molecule has 22 heavy (non-hydrogen) atoms. The Morgan fingerprint density at radius 3 is 2.36 bits per heavy atom. The summed E-state index contributed by atoms with van der Waals surface area (Å²) in [5, 5.41) is 0. The number of carbonyl (C=O) groups is 2. The van der Waals surface area contributed by atoms with Crippen LogP contribution in [-0.2, 0) is 14.3 Å². The van der Waals surface area contributed by atoms with E-state index in [-0.39, 0.29) is 12.1 Å². The Morgan fingerprint density at radius 2 is 1.86 bits per heavy atom. The third-order valence-corrected chi connectivity index (χ3v) is 3.74. The molecule has 0 spiro atoms. The number of piperidine rings is 1. The Morgan fingerprint density at radius 1 is 1.27 bits per heavy atom. The van der Waals surface area contributed by atoms with Crippen LogP contribution in [0.3, 0.4) is 0 Å². The molecule has 1 saturated heterocycles. The monoisotopic (exact) mass is 314 g/mol. The zero-order valence-electron chi connectivity index (χ0n) is 14.3. The molecule has 0 aromatic rings. The van der Waals surface area contributed by atoms with E-state index < -0.39 is 11.6 Å². The third-order valence-electron chi connectivity index (χ3n) is 3.74. The van der Waals surface area contributed by atoms with Gasteiger partial charge in [-0.1, -0.05) is 0 Å². The summed E-state index contributed by atoms with van der Waals surface area (Å²) >= 11 is 0. The van der Waals surface area contributed by atoms with Gasteiger partial charge in [-0.25, -0.2) is 4.79 Å². The van der Waals surface area contributed by atoms with Crippen molar-refractivity contribution < 1.29 is 19.1 Å². The van der Waals surface area contributed by atoms with Gasteiger partial charge in [0.1, 0.15) is 11.6 Å². The first-order valence-corrected chi connectivity index (χ1v) is 8.13. The van der Waals surface area contributed by atoms with E-state index in [0.717, 1.165) is 19.3 Å². The zero-order valence-corrected chi connectivity index (χ0v) is 14.3. The molecule has 1 fully saturated rings. The minimum Gasteiger partial charge on any atom is -0.465 e. The van der Waals surface area contributed by atoms with Gasteiger partial charge in [0, 0.05) is 13.1 Å². The van der Waals surface area contributed by atoms with Crippen molar-refractivity contribution in [2.75, 3.05) is 19.7 Å². The lowest BCUT2D eigenvalue weighted by Gasteiger charge is -2.33. The maximum atomic E-state index is 12.0. The summed E-state index contributed by atoms with van der Waals surface area (Å²) < 4.78 is 10.3. The summed E-state index contributed by atoms with van der Waals surface area (Å²) in [6.45, 7) is 9.15. The minimum absolute atomic E-state index is 0.242. The second-order valence-electron chi connectivity index (χ2n) is 6.85. The molecular formula is C16H30N2O4. The molecule has 0 saturated carbocycles. The van der Waals surface area contributed by atoms with Gasteiger partial charge in [0.2, 0.25) is 0 Å². The lowest BCUT2D eigenvalue weighted by molar-refractivity contribution is -0.144. The Labute approximate surface area is 133 Å². The van der Waals surface area contributed by atoms with Gasteiger partial charge in [-0.15, -0.1) is 0 Å². The van der Waals surface area contributed by atoms with Crippen molar-refractivity contribution >= 4 is 12.1 Å². The molecule has 128 valence electrons. The van der Waals surface area contributed by atoms with Crippen LogP contribution in [0.15, 0.2) is 0 Å². The highest BCUT2D eigenvalue weighted by molar-refractivity contribution is 5.75. The predicted molar refractivity (Wildman–Crippen MR) is 84.4 cm³/mol. The minimum atomic E-state index is -0.538. The van der Waals surface area contributed by atoms with Crippen molar-refractivity contribution in [3.63, 3.8) is 0 Å². The second kappa shape index (κ2) is 8.36. The van der Waals surface area contributed by atoms with Gasteiger partial charge in [-0.2, -0.15) is 0 Å². The standard InChI is InChI=1S/C16H30N2O4/c1-5-21-14(19)13(17)7-6-12-8-10-18(11-9-12)15(20)22-16(2,3)4/h12-13H,5-11,17H2,1-4H3/t13-/m0/s1. The van der Waals surface area contributed by atoms with Crippen LogP contribution in [0.5, 0.6) is 0 Å². The molecule has 1 amide bonds. The average Bonchev–Trinajstić information content (AvgIpc) is 2.43. The van der Waals surface area contributed by atoms with Gasteiger partial charge in [-0.3, -0.25) is 4.79 Å². The molecule has 1 aliphatic heterocycles. The van der Waals surface area contributed by atoms with Gasteiger partial charge in [-0.05, 0) is 59.3 Å². The number of esters is 1. The van der Waals surface area contributed by atoms with Gasteiger partial charge in [0.25, 0.3) is 0 Å². The maximum Gasteiger partial charge on any atom is 0.410 e. The fourth-order valence-electron chi connectivity index (χ4n) is 2.51. The molecule has 2 N–H and O–H groups in total. The fourth-order valence-corrected chi connectivity index (χ4v) is 2.51. The first-order valence-electron chi connectivity index (χ1n) is 8.13. The summed E-state index contributed by atoms with van der Waals surface area (Å²) in [4.78, 5) is 25.2. The Hall–Kier alpha value is -1.30. The number of likely N-dealkylation sites (tertiary alicyclic amines) is 1. The number of nitrogens with two attached hydrogens (primary N) is 1. The van der Waals surface area contributed by atoms with E-state index in [1.54, 1.807) is 11.8 Å². The van der Waals surface area contributed by atoms with Crippen LogP contribution in [0.2, 0.25) is 0 Å². The van der Waals surface area contributed by atoms with Crippen LogP contribution in [-0.4, -0.2) is 48.3 Å². The molecule has 0 unspecified atom stereocenters. The first-order chi connectivity index (χ1) is 10.2. The lowest BCUT2D eigenvalue weighted by atomic mass is 9.91. The SMILES string of the molecule is CCOC(=O)[C@@H](N)CCC1CCN(C(=O)OC(C)(C)C)CC1. The number of ether oxygens (including phenoxy) is 2.